The summed E-state index contributed by atoms with van der Waals surface area (Å²) in [6.07, 6.45) is 14.7. The molecule has 0 aliphatic rings. The van der Waals surface area contributed by atoms with Gasteiger partial charge in [0.15, 0.2) is 0 Å². The maximum Gasteiger partial charge on any atom is 0.208 e. The monoisotopic (exact) mass is 306 g/mol. The number of unbranched alkanes of at least 4 members (excludes halogenated alkanes) is 9. The fourth-order valence-corrected chi connectivity index (χ4v) is 2.66. The molecule has 0 aromatic heterocycles. The molecule has 2 N–H and O–H groups in total. The smallest absolute Gasteiger partial charge is 0.208 e. The van der Waals surface area contributed by atoms with Crippen molar-refractivity contribution in [2.75, 3.05) is 25.9 Å². The molecule has 0 spiro atoms. The maximum absolute atomic E-state index is 10.8. The van der Waals surface area contributed by atoms with E-state index in [4.69, 9.17) is 0 Å². The third kappa shape index (κ3) is 17.9. The minimum atomic E-state index is -3.03. The Morgan fingerprint density at radius 3 is 1.70 bits per heavy atom. The maximum atomic E-state index is 10.8. The van der Waals surface area contributed by atoms with Gasteiger partial charge in [0, 0.05) is 13.1 Å². The van der Waals surface area contributed by atoms with Crippen molar-refractivity contribution >= 4 is 10.0 Å². The summed E-state index contributed by atoms with van der Waals surface area (Å²) in [6, 6.07) is 0. The zero-order chi connectivity index (χ0) is 15.1. The molecule has 0 heterocycles. The van der Waals surface area contributed by atoms with Crippen LogP contribution in [0.2, 0.25) is 0 Å². The van der Waals surface area contributed by atoms with Crippen LogP contribution in [0.4, 0.5) is 0 Å². The van der Waals surface area contributed by atoms with Crippen LogP contribution in [0.25, 0.3) is 0 Å². The third-order valence-electron chi connectivity index (χ3n) is 3.37. The summed E-state index contributed by atoms with van der Waals surface area (Å²) in [5.74, 6) is 0. The van der Waals surface area contributed by atoms with E-state index in [1.165, 1.54) is 70.5 Å². The molecular formula is C15H34N2O2S. The molecular weight excluding hydrogens is 272 g/mol. The summed E-state index contributed by atoms with van der Waals surface area (Å²) in [4.78, 5) is 0. The molecule has 0 atom stereocenters. The summed E-state index contributed by atoms with van der Waals surface area (Å²) in [5, 5.41) is 3.26. The molecule has 0 aromatic rings. The second-order valence-electron chi connectivity index (χ2n) is 5.60. The molecule has 0 rings (SSSR count). The fourth-order valence-electron chi connectivity index (χ4n) is 2.19. The summed E-state index contributed by atoms with van der Waals surface area (Å²) < 4.78 is 24.1. The van der Waals surface area contributed by atoms with Crippen LogP contribution in [-0.2, 0) is 10.0 Å². The quantitative estimate of drug-likeness (QED) is 0.457. The zero-order valence-electron chi connectivity index (χ0n) is 13.4. The van der Waals surface area contributed by atoms with Crippen molar-refractivity contribution in [3.8, 4) is 0 Å². The Balaban J connectivity index is 3.03. The highest BCUT2D eigenvalue weighted by Gasteiger charge is 1.98. The Bertz CT molecular complexity index is 292. The molecule has 0 bridgehead atoms. The van der Waals surface area contributed by atoms with E-state index in [-0.39, 0.29) is 0 Å². The number of rotatable bonds is 15. The van der Waals surface area contributed by atoms with Crippen LogP contribution in [0.5, 0.6) is 0 Å². The Hall–Kier alpha value is -0.130. The van der Waals surface area contributed by atoms with Crippen LogP contribution >= 0.6 is 0 Å². The lowest BCUT2D eigenvalue weighted by atomic mass is 10.1. The van der Waals surface area contributed by atoms with E-state index in [2.05, 4.69) is 17.0 Å². The molecule has 0 saturated carbocycles. The van der Waals surface area contributed by atoms with Crippen molar-refractivity contribution in [2.45, 2.75) is 71.1 Å². The first-order valence-corrected chi connectivity index (χ1v) is 10.1. The average Bonchev–Trinajstić information content (AvgIpc) is 2.38. The lowest BCUT2D eigenvalue weighted by Crippen LogP contribution is -2.31. The summed E-state index contributed by atoms with van der Waals surface area (Å²) in [7, 11) is -3.03. The molecule has 122 valence electrons. The lowest BCUT2D eigenvalue weighted by molar-refractivity contribution is 0.542. The largest absolute Gasteiger partial charge is 0.315 e. The molecule has 0 saturated heterocycles. The van der Waals surface area contributed by atoms with Crippen molar-refractivity contribution in [3.63, 3.8) is 0 Å². The van der Waals surface area contributed by atoms with E-state index in [0.29, 0.717) is 13.1 Å². The van der Waals surface area contributed by atoms with Crippen molar-refractivity contribution in [3.05, 3.63) is 0 Å². The second-order valence-corrected chi connectivity index (χ2v) is 7.43. The standard InChI is InChI=1S/C15H34N2O2S/c1-3-4-5-6-7-8-9-10-11-12-13-16-14-15-17-20(2,18)19/h16-17H,3-15H2,1-2H3. The molecule has 0 aliphatic heterocycles. The van der Waals surface area contributed by atoms with Gasteiger partial charge in [0.05, 0.1) is 6.26 Å². The van der Waals surface area contributed by atoms with Gasteiger partial charge in [-0.05, 0) is 13.0 Å². The average molecular weight is 307 g/mol. The Kier molecular flexibility index (Phi) is 13.7. The molecule has 0 amide bonds. The van der Waals surface area contributed by atoms with Gasteiger partial charge < -0.3 is 5.32 Å². The predicted octanol–water partition coefficient (Wildman–Crippen LogP) is 3.05. The SMILES string of the molecule is CCCCCCCCCCCCNCCNS(C)(=O)=O. The first-order chi connectivity index (χ1) is 9.56. The van der Waals surface area contributed by atoms with Crippen LogP contribution in [-0.4, -0.2) is 34.3 Å². The molecule has 0 aliphatic carbocycles. The van der Waals surface area contributed by atoms with E-state index < -0.39 is 10.0 Å². The van der Waals surface area contributed by atoms with Crippen LogP contribution in [0.15, 0.2) is 0 Å². The van der Waals surface area contributed by atoms with Crippen molar-refractivity contribution in [1.29, 1.82) is 0 Å². The first-order valence-electron chi connectivity index (χ1n) is 8.21. The lowest BCUT2D eigenvalue weighted by Gasteiger charge is -2.05. The zero-order valence-corrected chi connectivity index (χ0v) is 14.2. The molecule has 0 fully saturated rings. The molecule has 0 unspecified atom stereocenters. The van der Waals surface area contributed by atoms with Crippen LogP contribution < -0.4 is 10.0 Å². The van der Waals surface area contributed by atoms with Crippen LogP contribution in [0.1, 0.15) is 71.1 Å². The Labute approximate surface area is 126 Å². The van der Waals surface area contributed by atoms with E-state index in [1.807, 2.05) is 0 Å². The second kappa shape index (κ2) is 13.8. The predicted molar refractivity (Wildman–Crippen MR) is 87.6 cm³/mol. The van der Waals surface area contributed by atoms with Gasteiger partial charge in [-0.1, -0.05) is 64.7 Å². The molecule has 0 radical (unpaired) electrons. The fraction of sp³-hybridized carbons (Fsp3) is 1.00. The van der Waals surface area contributed by atoms with Crippen molar-refractivity contribution in [2.24, 2.45) is 0 Å². The Morgan fingerprint density at radius 1 is 0.700 bits per heavy atom. The number of hydrogen-bond donors (Lipinski definition) is 2. The van der Waals surface area contributed by atoms with E-state index in [0.717, 1.165) is 6.54 Å². The van der Waals surface area contributed by atoms with E-state index in [1.54, 1.807) is 0 Å². The minimum absolute atomic E-state index is 0.483. The van der Waals surface area contributed by atoms with Gasteiger partial charge in [-0.25, -0.2) is 13.1 Å². The first kappa shape index (κ1) is 19.9. The normalized spacial score (nSPS) is 11.9. The molecule has 5 heteroatoms. The van der Waals surface area contributed by atoms with Crippen molar-refractivity contribution in [1.82, 2.24) is 10.0 Å². The van der Waals surface area contributed by atoms with Gasteiger partial charge in [-0.3, -0.25) is 0 Å². The van der Waals surface area contributed by atoms with E-state index >= 15 is 0 Å². The van der Waals surface area contributed by atoms with Gasteiger partial charge in [0.25, 0.3) is 0 Å². The number of nitrogens with one attached hydrogen (secondary N) is 2. The van der Waals surface area contributed by atoms with Gasteiger partial charge in [-0.15, -0.1) is 0 Å². The summed E-state index contributed by atoms with van der Waals surface area (Å²) in [6.45, 7) is 4.44. The highest BCUT2D eigenvalue weighted by molar-refractivity contribution is 7.88. The van der Waals surface area contributed by atoms with E-state index in [9.17, 15) is 8.42 Å². The highest BCUT2D eigenvalue weighted by atomic mass is 32.2. The van der Waals surface area contributed by atoms with Gasteiger partial charge in [-0.2, -0.15) is 0 Å². The summed E-state index contributed by atoms with van der Waals surface area (Å²) in [5.41, 5.74) is 0. The molecule has 20 heavy (non-hydrogen) atoms. The molecule has 0 aromatic carbocycles. The number of sulfonamides is 1. The topological polar surface area (TPSA) is 58.2 Å². The van der Waals surface area contributed by atoms with Gasteiger partial charge in [0.1, 0.15) is 0 Å². The van der Waals surface area contributed by atoms with Crippen molar-refractivity contribution < 1.29 is 8.42 Å². The highest BCUT2D eigenvalue weighted by Crippen LogP contribution is 2.10. The minimum Gasteiger partial charge on any atom is -0.315 e. The van der Waals surface area contributed by atoms with Gasteiger partial charge in [0.2, 0.25) is 10.0 Å². The Morgan fingerprint density at radius 2 is 1.20 bits per heavy atom. The van der Waals surface area contributed by atoms with Gasteiger partial charge >= 0.3 is 0 Å². The van der Waals surface area contributed by atoms with Crippen LogP contribution in [0.3, 0.4) is 0 Å². The number of hydrogen-bond acceptors (Lipinski definition) is 3. The van der Waals surface area contributed by atoms with Crippen LogP contribution in [0, 0.1) is 0 Å². The summed E-state index contributed by atoms with van der Waals surface area (Å²) >= 11 is 0. The third-order valence-corrected chi connectivity index (χ3v) is 4.10. The molecule has 4 nitrogen and oxygen atoms in total.